The third-order valence-corrected chi connectivity index (χ3v) is 6.73. The van der Waals surface area contributed by atoms with Crippen molar-refractivity contribution < 1.29 is 18.0 Å². The number of hydrogen-bond acceptors (Lipinski definition) is 4. The lowest BCUT2D eigenvalue weighted by Crippen LogP contribution is -2.31. The lowest BCUT2D eigenvalue weighted by molar-refractivity contribution is -0.137. The Morgan fingerprint density at radius 3 is 2.60 bits per heavy atom. The van der Waals surface area contributed by atoms with E-state index in [4.69, 9.17) is 0 Å². The number of carbonyl (C=O) groups is 1. The number of thioether (sulfide) groups is 1. The minimum atomic E-state index is -4.38. The first kappa shape index (κ1) is 24.8. The van der Waals surface area contributed by atoms with Crippen LogP contribution in [0.4, 0.5) is 13.2 Å². The number of nitrogens with zero attached hydrogens (tertiary/aromatic N) is 3. The molecule has 5 nitrogen and oxygen atoms in total. The number of pyridine rings is 1. The topological polar surface area (TPSA) is 59.8 Å². The van der Waals surface area contributed by atoms with Gasteiger partial charge in [0.05, 0.1) is 29.3 Å². The van der Waals surface area contributed by atoms with Crippen LogP contribution in [-0.2, 0) is 18.5 Å². The third kappa shape index (κ3) is 6.03. The van der Waals surface area contributed by atoms with Gasteiger partial charge < -0.3 is 9.88 Å². The average Bonchev–Trinajstić information content (AvgIpc) is 3.20. The van der Waals surface area contributed by atoms with E-state index < -0.39 is 11.7 Å². The SMILES string of the molecule is CC[C@H](C)NC(=O)c1ccc(Cn2c(SCc3cccc(C(F)(F)F)c3)nc3ccncc32)cc1. The standard InChI is InChI=1S/C26H25F3N4OS/c1-3-17(2)31-24(34)20-9-7-18(8-10-20)15-33-23-14-30-12-11-22(23)32-25(33)35-16-19-5-4-6-21(13-19)26(27,28)29/h4-14,17H,3,15-16H2,1-2H3,(H,31,34)/t17-/m0/s1. The summed E-state index contributed by atoms with van der Waals surface area (Å²) >= 11 is 1.37. The minimum absolute atomic E-state index is 0.100. The second kappa shape index (κ2) is 10.5. The van der Waals surface area contributed by atoms with Crippen molar-refractivity contribution in [1.29, 1.82) is 0 Å². The molecule has 0 saturated heterocycles. The van der Waals surface area contributed by atoms with Crippen molar-refractivity contribution >= 4 is 28.7 Å². The number of hydrogen-bond donors (Lipinski definition) is 1. The van der Waals surface area contributed by atoms with E-state index in [1.54, 1.807) is 30.6 Å². The molecule has 182 valence electrons. The van der Waals surface area contributed by atoms with Gasteiger partial charge in [-0.3, -0.25) is 9.78 Å². The molecule has 2 aromatic heterocycles. The van der Waals surface area contributed by atoms with E-state index >= 15 is 0 Å². The van der Waals surface area contributed by atoms with Gasteiger partial charge in [0, 0.05) is 23.6 Å². The fourth-order valence-corrected chi connectivity index (χ4v) is 4.51. The van der Waals surface area contributed by atoms with Gasteiger partial charge in [-0.2, -0.15) is 13.2 Å². The molecule has 0 saturated carbocycles. The van der Waals surface area contributed by atoms with E-state index in [2.05, 4.69) is 15.3 Å². The van der Waals surface area contributed by atoms with Crippen LogP contribution in [0.2, 0.25) is 0 Å². The van der Waals surface area contributed by atoms with Crippen LogP contribution in [0, 0.1) is 0 Å². The van der Waals surface area contributed by atoms with Gasteiger partial charge in [-0.15, -0.1) is 0 Å². The first-order valence-electron chi connectivity index (χ1n) is 11.2. The second-order valence-electron chi connectivity index (χ2n) is 8.31. The molecular formula is C26H25F3N4OS. The summed E-state index contributed by atoms with van der Waals surface area (Å²) in [5.74, 6) is 0.232. The maximum absolute atomic E-state index is 13.1. The molecule has 2 heterocycles. The number of imidazole rings is 1. The highest BCUT2D eigenvalue weighted by atomic mass is 32.2. The Morgan fingerprint density at radius 1 is 1.11 bits per heavy atom. The van der Waals surface area contributed by atoms with Crippen LogP contribution in [0.5, 0.6) is 0 Å². The lowest BCUT2D eigenvalue weighted by atomic mass is 10.1. The Kier molecular flexibility index (Phi) is 7.45. The van der Waals surface area contributed by atoms with Gasteiger partial charge in [0.25, 0.3) is 5.91 Å². The summed E-state index contributed by atoms with van der Waals surface area (Å²) in [5.41, 5.74) is 3.05. The van der Waals surface area contributed by atoms with E-state index in [9.17, 15) is 18.0 Å². The quantitative estimate of drug-likeness (QED) is 0.289. The zero-order valence-corrected chi connectivity index (χ0v) is 20.2. The molecule has 0 aliphatic rings. The Balaban J connectivity index is 1.55. The minimum Gasteiger partial charge on any atom is -0.350 e. The van der Waals surface area contributed by atoms with E-state index in [0.717, 1.165) is 29.1 Å². The van der Waals surface area contributed by atoms with Gasteiger partial charge in [0.15, 0.2) is 5.16 Å². The van der Waals surface area contributed by atoms with E-state index in [1.807, 2.05) is 36.6 Å². The van der Waals surface area contributed by atoms with Crippen LogP contribution < -0.4 is 5.32 Å². The monoisotopic (exact) mass is 498 g/mol. The van der Waals surface area contributed by atoms with Crippen LogP contribution in [0.3, 0.4) is 0 Å². The highest BCUT2D eigenvalue weighted by Gasteiger charge is 2.30. The summed E-state index contributed by atoms with van der Waals surface area (Å²) in [6, 6.07) is 14.6. The van der Waals surface area contributed by atoms with Gasteiger partial charge in [-0.1, -0.05) is 49.0 Å². The van der Waals surface area contributed by atoms with Crippen LogP contribution in [0.1, 0.15) is 47.3 Å². The molecule has 4 rings (SSSR count). The Hall–Kier alpha value is -3.33. The number of rotatable bonds is 8. The smallest absolute Gasteiger partial charge is 0.350 e. The van der Waals surface area contributed by atoms with E-state index in [0.29, 0.717) is 28.6 Å². The summed E-state index contributed by atoms with van der Waals surface area (Å²) in [5, 5.41) is 3.64. The fourth-order valence-electron chi connectivity index (χ4n) is 3.55. The average molecular weight is 499 g/mol. The van der Waals surface area contributed by atoms with Crippen molar-refractivity contribution in [3.63, 3.8) is 0 Å². The van der Waals surface area contributed by atoms with Gasteiger partial charge in [0.2, 0.25) is 0 Å². The summed E-state index contributed by atoms with van der Waals surface area (Å²) in [6.45, 7) is 4.46. The molecule has 1 N–H and O–H groups in total. The van der Waals surface area contributed by atoms with Gasteiger partial charge in [-0.25, -0.2) is 4.98 Å². The Labute approximate surface area is 205 Å². The first-order valence-corrected chi connectivity index (χ1v) is 12.2. The summed E-state index contributed by atoms with van der Waals surface area (Å²) in [6.07, 6.45) is -0.139. The van der Waals surface area contributed by atoms with Crippen LogP contribution in [-0.4, -0.2) is 26.5 Å². The third-order valence-electron chi connectivity index (χ3n) is 5.68. The van der Waals surface area contributed by atoms with Crippen molar-refractivity contribution in [3.8, 4) is 0 Å². The van der Waals surface area contributed by atoms with Crippen molar-refractivity contribution in [2.45, 2.75) is 49.9 Å². The number of aromatic nitrogens is 3. The lowest BCUT2D eigenvalue weighted by Gasteiger charge is -2.12. The second-order valence-corrected chi connectivity index (χ2v) is 9.25. The number of fused-ring (bicyclic) bond motifs is 1. The molecule has 4 aromatic rings. The molecule has 1 atom stereocenters. The van der Waals surface area contributed by atoms with Gasteiger partial charge in [-0.05, 0) is 48.7 Å². The van der Waals surface area contributed by atoms with Gasteiger partial charge >= 0.3 is 6.18 Å². The van der Waals surface area contributed by atoms with Crippen molar-refractivity contribution in [3.05, 3.63) is 89.2 Å². The molecule has 2 aromatic carbocycles. The molecule has 0 aliphatic carbocycles. The Bertz CT molecular complexity index is 1320. The van der Waals surface area contributed by atoms with E-state index in [1.165, 1.54) is 23.9 Å². The molecule has 0 unspecified atom stereocenters. The van der Waals surface area contributed by atoms with Gasteiger partial charge in [0.1, 0.15) is 0 Å². The molecule has 0 aliphatic heterocycles. The predicted molar refractivity (Wildman–Crippen MR) is 131 cm³/mol. The molecule has 0 radical (unpaired) electrons. The first-order chi connectivity index (χ1) is 16.7. The molecular weight excluding hydrogens is 473 g/mol. The fraction of sp³-hybridized carbons (Fsp3) is 0.269. The maximum atomic E-state index is 13.1. The van der Waals surface area contributed by atoms with Crippen molar-refractivity contribution in [1.82, 2.24) is 19.9 Å². The van der Waals surface area contributed by atoms with Crippen LogP contribution in [0.25, 0.3) is 11.0 Å². The molecule has 0 bridgehead atoms. The van der Waals surface area contributed by atoms with Crippen molar-refractivity contribution in [2.24, 2.45) is 0 Å². The Morgan fingerprint density at radius 2 is 1.89 bits per heavy atom. The highest BCUT2D eigenvalue weighted by Crippen LogP contribution is 2.32. The molecule has 1 amide bonds. The predicted octanol–water partition coefficient (Wildman–Crippen LogP) is 6.32. The number of benzene rings is 2. The number of carbonyl (C=O) groups excluding carboxylic acids is 1. The number of halogens is 3. The summed E-state index contributed by atoms with van der Waals surface area (Å²) in [7, 11) is 0. The van der Waals surface area contributed by atoms with E-state index in [-0.39, 0.29) is 11.9 Å². The molecule has 9 heteroatoms. The zero-order chi connectivity index (χ0) is 25.0. The summed E-state index contributed by atoms with van der Waals surface area (Å²) in [4.78, 5) is 21.3. The number of amides is 1. The molecule has 0 spiro atoms. The largest absolute Gasteiger partial charge is 0.416 e. The zero-order valence-electron chi connectivity index (χ0n) is 19.3. The summed E-state index contributed by atoms with van der Waals surface area (Å²) < 4.78 is 41.2. The maximum Gasteiger partial charge on any atom is 0.416 e. The van der Waals surface area contributed by atoms with Crippen LogP contribution in [0.15, 0.2) is 72.1 Å². The number of alkyl halides is 3. The normalized spacial score (nSPS) is 12.6. The van der Waals surface area contributed by atoms with Crippen molar-refractivity contribution in [2.75, 3.05) is 0 Å². The number of nitrogens with one attached hydrogen (secondary N) is 1. The highest BCUT2D eigenvalue weighted by molar-refractivity contribution is 7.98. The van der Waals surface area contributed by atoms with Crippen LogP contribution >= 0.6 is 11.8 Å². The molecule has 0 fully saturated rings. The molecule has 35 heavy (non-hydrogen) atoms.